The molecule has 3 N–H and O–H groups in total. The first-order chi connectivity index (χ1) is 8.70. The summed E-state index contributed by atoms with van der Waals surface area (Å²) in [6.07, 6.45) is 1.68. The van der Waals surface area contributed by atoms with Crippen molar-refractivity contribution in [3.05, 3.63) is 18.6 Å². The van der Waals surface area contributed by atoms with Gasteiger partial charge in [-0.05, 0) is 6.07 Å². The lowest BCUT2D eigenvalue weighted by atomic mass is 10.2. The number of aromatic hydroxyl groups is 1. The van der Waals surface area contributed by atoms with Gasteiger partial charge in [0, 0.05) is 12.6 Å². The van der Waals surface area contributed by atoms with E-state index in [2.05, 4.69) is 9.97 Å². The van der Waals surface area contributed by atoms with Crippen LogP contribution in [0.4, 0.5) is 0 Å². The first-order valence-corrected chi connectivity index (χ1v) is 5.65. The maximum Gasteiger partial charge on any atom is 0.223 e. The highest BCUT2D eigenvalue weighted by molar-refractivity contribution is 5.80. The normalized spacial score (nSPS) is 28.0. The second kappa shape index (κ2) is 4.20. The predicted molar refractivity (Wildman–Crippen MR) is 60.8 cm³/mol. The molecule has 1 aliphatic heterocycles. The summed E-state index contributed by atoms with van der Waals surface area (Å²) >= 11 is 0. The number of aliphatic hydroxyl groups excluding tert-OH is 2. The van der Waals surface area contributed by atoms with E-state index < -0.39 is 18.4 Å². The van der Waals surface area contributed by atoms with Gasteiger partial charge >= 0.3 is 0 Å². The maximum absolute atomic E-state index is 9.70. The Morgan fingerprint density at radius 1 is 1.44 bits per heavy atom. The SMILES string of the molecule is OC[C@H]1O[C@@H](n2ccc3c(O)ncnc32)CC1O. The fraction of sp³-hybridized carbons (Fsp3) is 0.455. The molecule has 3 heterocycles. The van der Waals surface area contributed by atoms with E-state index in [-0.39, 0.29) is 12.5 Å². The summed E-state index contributed by atoms with van der Waals surface area (Å²) in [7, 11) is 0. The van der Waals surface area contributed by atoms with E-state index in [1.165, 1.54) is 6.33 Å². The average Bonchev–Trinajstić information content (AvgIpc) is 2.93. The van der Waals surface area contributed by atoms with Gasteiger partial charge < -0.3 is 24.6 Å². The zero-order valence-corrected chi connectivity index (χ0v) is 9.47. The Morgan fingerprint density at radius 2 is 2.28 bits per heavy atom. The van der Waals surface area contributed by atoms with Crippen LogP contribution in [0.3, 0.4) is 0 Å². The van der Waals surface area contributed by atoms with Crippen molar-refractivity contribution in [1.29, 1.82) is 0 Å². The van der Waals surface area contributed by atoms with Gasteiger partial charge in [-0.15, -0.1) is 0 Å². The van der Waals surface area contributed by atoms with Crippen LogP contribution in [-0.2, 0) is 4.74 Å². The summed E-state index contributed by atoms with van der Waals surface area (Å²) in [6.45, 7) is -0.225. The number of nitrogens with zero attached hydrogens (tertiary/aromatic N) is 3. The molecule has 1 aliphatic rings. The molecule has 96 valence electrons. The van der Waals surface area contributed by atoms with Crippen LogP contribution in [0.1, 0.15) is 12.6 Å². The third kappa shape index (κ3) is 1.64. The van der Waals surface area contributed by atoms with Gasteiger partial charge in [-0.2, -0.15) is 0 Å². The number of ether oxygens (including phenoxy) is 1. The summed E-state index contributed by atoms with van der Waals surface area (Å²) in [5.74, 6) is -0.0870. The van der Waals surface area contributed by atoms with Gasteiger partial charge in [0.25, 0.3) is 0 Å². The van der Waals surface area contributed by atoms with Crippen molar-refractivity contribution in [2.45, 2.75) is 24.9 Å². The van der Waals surface area contributed by atoms with E-state index in [4.69, 9.17) is 9.84 Å². The van der Waals surface area contributed by atoms with Gasteiger partial charge in [-0.3, -0.25) is 0 Å². The second-order valence-corrected chi connectivity index (χ2v) is 4.27. The van der Waals surface area contributed by atoms with Crippen LogP contribution in [-0.4, -0.2) is 48.7 Å². The van der Waals surface area contributed by atoms with Gasteiger partial charge in [0.1, 0.15) is 24.3 Å². The summed E-state index contributed by atoms with van der Waals surface area (Å²) in [5, 5.41) is 28.9. The minimum Gasteiger partial charge on any atom is -0.493 e. The standard InChI is InChI=1S/C11H13N3O4/c15-4-8-7(16)3-9(18-8)14-2-1-6-10(14)12-5-13-11(6)17/h1-2,5,7-9,15-16H,3-4H2,(H,12,13,17)/t7?,8-,9-/m1/s1. The monoisotopic (exact) mass is 251 g/mol. The van der Waals surface area contributed by atoms with Gasteiger partial charge in [-0.1, -0.05) is 0 Å². The third-order valence-corrected chi connectivity index (χ3v) is 3.18. The smallest absolute Gasteiger partial charge is 0.223 e. The molecule has 1 saturated heterocycles. The molecule has 0 aliphatic carbocycles. The zero-order chi connectivity index (χ0) is 12.7. The third-order valence-electron chi connectivity index (χ3n) is 3.18. The van der Waals surface area contributed by atoms with Crippen LogP contribution in [0.2, 0.25) is 0 Å². The van der Waals surface area contributed by atoms with E-state index in [1.54, 1.807) is 16.8 Å². The molecule has 0 bridgehead atoms. The molecule has 3 rings (SSSR count). The van der Waals surface area contributed by atoms with E-state index in [0.29, 0.717) is 17.5 Å². The van der Waals surface area contributed by atoms with E-state index in [9.17, 15) is 10.2 Å². The number of hydrogen-bond donors (Lipinski definition) is 3. The lowest BCUT2D eigenvalue weighted by molar-refractivity contribution is -0.0430. The van der Waals surface area contributed by atoms with Crippen molar-refractivity contribution in [3.8, 4) is 5.88 Å². The highest BCUT2D eigenvalue weighted by atomic mass is 16.5. The van der Waals surface area contributed by atoms with Crippen molar-refractivity contribution in [2.24, 2.45) is 0 Å². The lowest BCUT2D eigenvalue weighted by Crippen LogP contribution is -2.24. The van der Waals surface area contributed by atoms with E-state index >= 15 is 0 Å². The van der Waals surface area contributed by atoms with E-state index in [0.717, 1.165) is 0 Å². The minimum atomic E-state index is -0.701. The van der Waals surface area contributed by atoms with Crippen LogP contribution >= 0.6 is 0 Å². The quantitative estimate of drug-likeness (QED) is 0.682. The molecule has 7 nitrogen and oxygen atoms in total. The molecule has 0 spiro atoms. The Hall–Kier alpha value is -1.70. The fourth-order valence-electron chi connectivity index (χ4n) is 2.24. The van der Waals surface area contributed by atoms with Crippen molar-refractivity contribution in [2.75, 3.05) is 6.61 Å². The molecule has 7 heteroatoms. The van der Waals surface area contributed by atoms with Crippen LogP contribution in [0, 0.1) is 0 Å². The number of fused-ring (bicyclic) bond motifs is 1. The predicted octanol–water partition coefficient (Wildman–Crippen LogP) is -0.222. The molecule has 0 amide bonds. The molecule has 0 radical (unpaired) electrons. The molecule has 2 aromatic rings. The Labute approximate surface area is 102 Å². The molecular formula is C11H13N3O4. The van der Waals surface area contributed by atoms with Gasteiger partial charge in [0.05, 0.1) is 18.1 Å². The largest absolute Gasteiger partial charge is 0.493 e. The zero-order valence-electron chi connectivity index (χ0n) is 9.47. The first kappa shape index (κ1) is 11.4. The molecule has 2 aromatic heterocycles. The highest BCUT2D eigenvalue weighted by Gasteiger charge is 2.35. The molecule has 1 fully saturated rings. The van der Waals surface area contributed by atoms with Gasteiger partial charge in [0.15, 0.2) is 0 Å². The highest BCUT2D eigenvalue weighted by Crippen LogP contribution is 2.32. The summed E-state index contributed by atoms with van der Waals surface area (Å²) in [6, 6.07) is 1.69. The van der Waals surface area contributed by atoms with Crippen LogP contribution in [0.5, 0.6) is 5.88 Å². The van der Waals surface area contributed by atoms with Crippen LogP contribution < -0.4 is 0 Å². The number of hydrogen-bond acceptors (Lipinski definition) is 6. The summed E-state index contributed by atoms with van der Waals surface area (Å²) < 4.78 is 7.25. The maximum atomic E-state index is 9.70. The van der Waals surface area contributed by atoms with Crippen molar-refractivity contribution >= 4 is 11.0 Å². The molecule has 0 aromatic carbocycles. The number of aliphatic hydroxyl groups is 2. The summed E-state index contributed by atoms with van der Waals surface area (Å²) in [5.41, 5.74) is 0.540. The Kier molecular flexibility index (Phi) is 2.66. The fourth-order valence-corrected chi connectivity index (χ4v) is 2.24. The first-order valence-electron chi connectivity index (χ1n) is 5.65. The molecule has 1 unspecified atom stereocenters. The van der Waals surface area contributed by atoms with Crippen molar-refractivity contribution in [1.82, 2.24) is 14.5 Å². The van der Waals surface area contributed by atoms with Gasteiger partial charge in [0.2, 0.25) is 5.88 Å². The second-order valence-electron chi connectivity index (χ2n) is 4.27. The van der Waals surface area contributed by atoms with Gasteiger partial charge in [-0.25, -0.2) is 9.97 Å². The molecular weight excluding hydrogens is 238 g/mol. The Balaban J connectivity index is 1.99. The van der Waals surface area contributed by atoms with E-state index in [1.807, 2.05) is 0 Å². The van der Waals surface area contributed by atoms with Crippen molar-refractivity contribution < 1.29 is 20.1 Å². The average molecular weight is 251 g/mol. The van der Waals surface area contributed by atoms with Crippen LogP contribution in [0.25, 0.3) is 11.0 Å². The number of rotatable bonds is 2. The topological polar surface area (TPSA) is 101 Å². The minimum absolute atomic E-state index is 0.0870. The van der Waals surface area contributed by atoms with Crippen molar-refractivity contribution in [3.63, 3.8) is 0 Å². The van der Waals surface area contributed by atoms with Crippen LogP contribution in [0.15, 0.2) is 18.6 Å². The molecule has 3 atom stereocenters. The summed E-state index contributed by atoms with van der Waals surface area (Å²) in [4.78, 5) is 7.78. The Morgan fingerprint density at radius 3 is 3.00 bits per heavy atom. The molecule has 18 heavy (non-hydrogen) atoms. The lowest BCUT2D eigenvalue weighted by Gasteiger charge is -2.14. The number of aromatic nitrogens is 3. The Bertz CT molecular complexity index is 570. The molecule has 0 saturated carbocycles.